The van der Waals surface area contributed by atoms with Crippen molar-refractivity contribution in [2.45, 2.75) is 32.6 Å². The maximum Gasteiger partial charge on any atom is 0.0373 e. The quantitative estimate of drug-likeness (QED) is 0.879. The zero-order valence-electron chi connectivity index (χ0n) is 11.4. The summed E-state index contributed by atoms with van der Waals surface area (Å²) in [6, 6.07) is 6.96. The molecule has 0 amide bonds. The fraction of sp³-hybridized carbons (Fsp3) is 0.625. The number of piperidine rings is 1. The van der Waals surface area contributed by atoms with Gasteiger partial charge >= 0.3 is 0 Å². The normalized spacial score (nSPS) is 20.7. The Morgan fingerprint density at radius 3 is 2.94 bits per heavy atom. The lowest BCUT2D eigenvalue weighted by Gasteiger charge is -2.30. The largest absolute Gasteiger partial charge is 0.384 e. The molecule has 1 aromatic rings. The van der Waals surface area contributed by atoms with Crippen LogP contribution in [0.25, 0.3) is 0 Å². The second kappa shape index (κ2) is 5.31. The number of nitrogens with zero attached hydrogens (tertiary/aromatic N) is 1. The molecular weight excluding hydrogens is 220 g/mol. The highest BCUT2D eigenvalue weighted by atomic mass is 15.1. The zero-order chi connectivity index (χ0) is 12.4. The van der Waals surface area contributed by atoms with Crippen LogP contribution in [0.4, 0.5) is 5.69 Å². The van der Waals surface area contributed by atoms with Gasteiger partial charge in [-0.05, 0) is 61.9 Å². The van der Waals surface area contributed by atoms with Crippen LogP contribution in [0.1, 0.15) is 30.9 Å². The molecule has 0 radical (unpaired) electrons. The first-order chi connectivity index (χ1) is 8.81. The summed E-state index contributed by atoms with van der Waals surface area (Å²) in [5.74, 6) is 0.937. The Morgan fingerprint density at radius 2 is 2.11 bits per heavy atom. The Hall–Kier alpha value is -1.02. The molecule has 2 nitrogen and oxygen atoms in total. The average Bonchev–Trinajstić information content (AvgIpc) is 2.85. The number of hydrogen-bond donors (Lipinski definition) is 1. The minimum Gasteiger partial charge on any atom is -0.384 e. The molecule has 2 heteroatoms. The van der Waals surface area contributed by atoms with Gasteiger partial charge in [0.2, 0.25) is 0 Å². The van der Waals surface area contributed by atoms with E-state index in [1.165, 1.54) is 62.1 Å². The van der Waals surface area contributed by atoms with Gasteiger partial charge in [-0.15, -0.1) is 0 Å². The molecule has 0 saturated carbocycles. The Labute approximate surface area is 110 Å². The lowest BCUT2D eigenvalue weighted by atomic mass is 9.98. The molecule has 1 fully saturated rings. The molecule has 0 spiro atoms. The summed E-state index contributed by atoms with van der Waals surface area (Å²) < 4.78 is 0. The van der Waals surface area contributed by atoms with E-state index in [9.17, 15) is 0 Å². The van der Waals surface area contributed by atoms with E-state index in [2.05, 4.69) is 35.3 Å². The molecule has 3 rings (SSSR count). The van der Waals surface area contributed by atoms with Crippen molar-refractivity contribution >= 4 is 5.69 Å². The van der Waals surface area contributed by atoms with Gasteiger partial charge in [0.1, 0.15) is 0 Å². The molecule has 2 aliphatic heterocycles. The van der Waals surface area contributed by atoms with Gasteiger partial charge in [-0.25, -0.2) is 0 Å². The predicted molar refractivity (Wildman–Crippen MR) is 77.2 cm³/mol. The van der Waals surface area contributed by atoms with Crippen molar-refractivity contribution in [3.8, 4) is 0 Å². The van der Waals surface area contributed by atoms with E-state index < -0.39 is 0 Å². The molecule has 0 aromatic heterocycles. The van der Waals surface area contributed by atoms with E-state index in [0.29, 0.717) is 0 Å². The average molecular weight is 244 g/mol. The van der Waals surface area contributed by atoms with Crippen molar-refractivity contribution in [2.24, 2.45) is 5.92 Å². The molecule has 0 aliphatic carbocycles. The fourth-order valence-corrected chi connectivity index (χ4v) is 3.09. The van der Waals surface area contributed by atoms with Crippen LogP contribution in [0.15, 0.2) is 18.2 Å². The van der Waals surface area contributed by atoms with Gasteiger partial charge in [-0.2, -0.15) is 0 Å². The standard InChI is InChI=1S/C16H24N2/c1-13-5-9-18(10-6-13)11-7-14-2-3-16-15(12-14)4-8-17-16/h2-3,12-13,17H,4-11H2,1H3. The van der Waals surface area contributed by atoms with Gasteiger partial charge in [-0.1, -0.05) is 19.1 Å². The summed E-state index contributed by atoms with van der Waals surface area (Å²) >= 11 is 0. The summed E-state index contributed by atoms with van der Waals surface area (Å²) in [5, 5.41) is 3.43. The summed E-state index contributed by atoms with van der Waals surface area (Å²) in [6.45, 7) is 7.33. The number of fused-ring (bicyclic) bond motifs is 1. The molecule has 1 saturated heterocycles. The number of anilines is 1. The smallest absolute Gasteiger partial charge is 0.0373 e. The highest BCUT2D eigenvalue weighted by Gasteiger charge is 2.15. The topological polar surface area (TPSA) is 15.3 Å². The minimum absolute atomic E-state index is 0.937. The van der Waals surface area contributed by atoms with Crippen LogP contribution >= 0.6 is 0 Å². The van der Waals surface area contributed by atoms with Gasteiger partial charge in [0.15, 0.2) is 0 Å². The highest BCUT2D eigenvalue weighted by molar-refractivity contribution is 5.56. The third-order valence-electron chi connectivity index (χ3n) is 4.47. The van der Waals surface area contributed by atoms with Crippen LogP contribution in [0, 0.1) is 5.92 Å². The summed E-state index contributed by atoms with van der Waals surface area (Å²) in [6.07, 6.45) is 5.17. The predicted octanol–water partition coefficient (Wildman–Crippen LogP) is 2.93. The highest BCUT2D eigenvalue weighted by Crippen LogP contribution is 2.23. The van der Waals surface area contributed by atoms with E-state index in [1.54, 1.807) is 0 Å². The van der Waals surface area contributed by atoms with Crippen molar-refractivity contribution in [1.29, 1.82) is 0 Å². The third kappa shape index (κ3) is 2.69. The monoisotopic (exact) mass is 244 g/mol. The van der Waals surface area contributed by atoms with Crippen LogP contribution in [-0.2, 0) is 12.8 Å². The molecule has 2 aliphatic rings. The van der Waals surface area contributed by atoms with E-state index in [0.717, 1.165) is 12.5 Å². The zero-order valence-corrected chi connectivity index (χ0v) is 11.4. The molecule has 98 valence electrons. The Kier molecular flexibility index (Phi) is 3.55. The molecule has 0 atom stereocenters. The molecule has 1 N–H and O–H groups in total. The minimum atomic E-state index is 0.937. The van der Waals surface area contributed by atoms with Crippen LogP contribution in [0.2, 0.25) is 0 Å². The van der Waals surface area contributed by atoms with Gasteiger partial charge in [-0.3, -0.25) is 0 Å². The third-order valence-corrected chi connectivity index (χ3v) is 4.47. The molecule has 0 unspecified atom stereocenters. The first kappa shape index (κ1) is 12.0. The van der Waals surface area contributed by atoms with Gasteiger partial charge in [0.05, 0.1) is 0 Å². The lowest BCUT2D eigenvalue weighted by molar-refractivity contribution is 0.194. The van der Waals surface area contributed by atoms with Crippen LogP contribution in [0.3, 0.4) is 0 Å². The number of likely N-dealkylation sites (tertiary alicyclic amines) is 1. The Bertz CT molecular complexity index is 406. The first-order valence-corrected chi connectivity index (χ1v) is 7.39. The van der Waals surface area contributed by atoms with E-state index in [4.69, 9.17) is 0 Å². The maximum absolute atomic E-state index is 3.43. The van der Waals surface area contributed by atoms with Crippen molar-refractivity contribution in [2.75, 3.05) is 31.5 Å². The molecule has 1 aromatic carbocycles. The van der Waals surface area contributed by atoms with Crippen molar-refractivity contribution in [3.63, 3.8) is 0 Å². The number of hydrogen-bond acceptors (Lipinski definition) is 2. The van der Waals surface area contributed by atoms with Gasteiger partial charge < -0.3 is 10.2 Å². The van der Waals surface area contributed by atoms with E-state index >= 15 is 0 Å². The second-order valence-electron chi connectivity index (χ2n) is 5.94. The molecule has 0 bridgehead atoms. The van der Waals surface area contributed by atoms with Crippen LogP contribution < -0.4 is 5.32 Å². The lowest BCUT2D eigenvalue weighted by Crippen LogP contribution is -2.34. The SMILES string of the molecule is CC1CCN(CCc2ccc3c(c2)CCN3)CC1. The van der Waals surface area contributed by atoms with Crippen LogP contribution in [0.5, 0.6) is 0 Å². The van der Waals surface area contributed by atoms with Gasteiger partial charge in [0, 0.05) is 18.8 Å². The molecular formula is C16H24N2. The van der Waals surface area contributed by atoms with Gasteiger partial charge in [0.25, 0.3) is 0 Å². The first-order valence-electron chi connectivity index (χ1n) is 7.39. The van der Waals surface area contributed by atoms with E-state index in [-0.39, 0.29) is 0 Å². The van der Waals surface area contributed by atoms with Crippen LogP contribution in [-0.4, -0.2) is 31.1 Å². The Morgan fingerprint density at radius 1 is 1.28 bits per heavy atom. The summed E-state index contributed by atoms with van der Waals surface area (Å²) in [5.41, 5.74) is 4.38. The van der Waals surface area contributed by atoms with Crippen molar-refractivity contribution in [1.82, 2.24) is 4.90 Å². The molecule has 2 heterocycles. The van der Waals surface area contributed by atoms with Crippen molar-refractivity contribution < 1.29 is 0 Å². The van der Waals surface area contributed by atoms with E-state index in [1.807, 2.05) is 0 Å². The van der Waals surface area contributed by atoms with Crippen molar-refractivity contribution in [3.05, 3.63) is 29.3 Å². The molecule has 18 heavy (non-hydrogen) atoms. The fourth-order valence-electron chi connectivity index (χ4n) is 3.09. The number of nitrogens with one attached hydrogen (secondary N) is 1. The summed E-state index contributed by atoms with van der Waals surface area (Å²) in [4.78, 5) is 2.63. The second-order valence-corrected chi connectivity index (χ2v) is 5.94. The number of benzene rings is 1. The number of rotatable bonds is 3. The maximum atomic E-state index is 3.43. The Balaban J connectivity index is 1.54. The summed E-state index contributed by atoms with van der Waals surface area (Å²) in [7, 11) is 0.